The van der Waals surface area contributed by atoms with E-state index in [-0.39, 0.29) is 24.2 Å². The molecular formula is C21H23BrN2O2. The maximum absolute atomic E-state index is 12.7. The minimum atomic E-state index is -0.341. The number of halogens is 1. The van der Waals surface area contributed by atoms with Gasteiger partial charge in [0.25, 0.3) is 0 Å². The Labute approximate surface area is 162 Å². The molecule has 0 radical (unpaired) electrons. The normalized spacial score (nSPS) is 16.9. The van der Waals surface area contributed by atoms with Crippen LogP contribution in [0.25, 0.3) is 0 Å². The molecule has 0 saturated carbocycles. The van der Waals surface area contributed by atoms with E-state index in [1.807, 2.05) is 58.0 Å². The zero-order valence-electron chi connectivity index (χ0n) is 15.5. The number of hydrogen-bond acceptors (Lipinski definition) is 2. The van der Waals surface area contributed by atoms with Crippen molar-refractivity contribution in [2.24, 2.45) is 5.92 Å². The molecule has 0 aromatic heterocycles. The summed E-state index contributed by atoms with van der Waals surface area (Å²) >= 11 is 3.54. The molecule has 26 heavy (non-hydrogen) atoms. The van der Waals surface area contributed by atoms with Crippen LogP contribution in [0.3, 0.4) is 0 Å². The third-order valence-electron chi connectivity index (χ3n) is 4.86. The molecule has 1 fully saturated rings. The highest BCUT2D eigenvalue weighted by atomic mass is 79.9. The molecule has 0 bridgehead atoms. The van der Waals surface area contributed by atoms with E-state index in [1.54, 1.807) is 4.90 Å². The van der Waals surface area contributed by atoms with Gasteiger partial charge < -0.3 is 10.2 Å². The fourth-order valence-corrected chi connectivity index (χ4v) is 3.62. The van der Waals surface area contributed by atoms with Gasteiger partial charge in [-0.2, -0.15) is 0 Å². The minimum Gasteiger partial charge on any atom is -0.326 e. The molecule has 5 heteroatoms. The summed E-state index contributed by atoms with van der Waals surface area (Å²) < 4.78 is 1.05. The maximum atomic E-state index is 12.7. The number of benzene rings is 2. The van der Waals surface area contributed by atoms with Gasteiger partial charge in [0, 0.05) is 28.8 Å². The van der Waals surface area contributed by atoms with Crippen LogP contribution in [-0.2, 0) is 9.59 Å². The Morgan fingerprint density at radius 2 is 1.73 bits per heavy atom. The minimum absolute atomic E-state index is 0.00187. The van der Waals surface area contributed by atoms with E-state index in [2.05, 4.69) is 21.2 Å². The first-order valence-corrected chi connectivity index (χ1v) is 9.51. The summed E-state index contributed by atoms with van der Waals surface area (Å²) in [6.45, 7) is 8.40. The van der Waals surface area contributed by atoms with Crippen LogP contribution in [0.1, 0.15) is 28.7 Å². The molecule has 1 atom stereocenters. The van der Waals surface area contributed by atoms with Crippen molar-refractivity contribution < 1.29 is 9.59 Å². The standard InChI is InChI=1S/C21H23BrN2O2/c1-12-5-6-13(2)18(7-12)24-11-16(10-19(24)25)21(26)23-17-8-14(3)20(22)15(4)9-17/h5-9,16H,10-11H2,1-4H3,(H,23,26)/t16-/m1/s1. The monoisotopic (exact) mass is 414 g/mol. The molecule has 1 saturated heterocycles. The van der Waals surface area contributed by atoms with Gasteiger partial charge in [0.15, 0.2) is 0 Å². The SMILES string of the molecule is Cc1ccc(C)c(N2C[C@H](C(=O)Nc3cc(C)c(Br)c(C)c3)CC2=O)c1. The van der Waals surface area contributed by atoms with Crippen LogP contribution < -0.4 is 10.2 Å². The first-order valence-electron chi connectivity index (χ1n) is 8.71. The molecule has 136 valence electrons. The summed E-state index contributed by atoms with van der Waals surface area (Å²) in [5.74, 6) is -0.444. The van der Waals surface area contributed by atoms with E-state index < -0.39 is 0 Å². The van der Waals surface area contributed by atoms with E-state index in [4.69, 9.17) is 0 Å². The summed E-state index contributed by atoms with van der Waals surface area (Å²) in [4.78, 5) is 26.9. The van der Waals surface area contributed by atoms with Crippen molar-refractivity contribution >= 4 is 39.1 Å². The van der Waals surface area contributed by atoms with Crippen LogP contribution in [-0.4, -0.2) is 18.4 Å². The van der Waals surface area contributed by atoms with E-state index in [1.165, 1.54) is 0 Å². The number of aryl methyl sites for hydroxylation is 4. The Hall–Kier alpha value is -2.14. The van der Waals surface area contributed by atoms with Gasteiger partial charge >= 0.3 is 0 Å². The Balaban J connectivity index is 1.76. The molecule has 2 aromatic carbocycles. The third kappa shape index (κ3) is 3.68. The van der Waals surface area contributed by atoms with Crippen molar-refractivity contribution in [2.45, 2.75) is 34.1 Å². The summed E-state index contributed by atoms with van der Waals surface area (Å²) in [5.41, 5.74) is 5.96. The predicted molar refractivity (Wildman–Crippen MR) is 109 cm³/mol. The Morgan fingerprint density at radius 1 is 1.08 bits per heavy atom. The van der Waals surface area contributed by atoms with Gasteiger partial charge in [-0.1, -0.05) is 28.1 Å². The first-order chi connectivity index (χ1) is 12.3. The molecule has 3 rings (SSSR count). The van der Waals surface area contributed by atoms with Crippen LogP contribution >= 0.6 is 15.9 Å². The number of nitrogens with one attached hydrogen (secondary N) is 1. The lowest BCUT2D eigenvalue weighted by molar-refractivity contribution is -0.122. The fourth-order valence-electron chi connectivity index (χ4n) is 3.39. The van der Waals surface area contributed by atoms with Crippen LogP contribution in [0.2, 0.25) is 0 Å². The molecule has 2 aromatic rings. The molecule has 1 aliphatic heterocycles. The average Bonchev–Trinajstić information content (AvgIpc) is 2.96. The van der Waals surface area contributed by atoms with Gasteiger partial charge in [-0.15, -0.1) is 0 Å². The molecule has 1 heterocycles. The average molecular weight is 415 g/mol. The number of hydrogen-bond donors (Lipinski definition) is 1. The van der Waals surface area contributed by atoms with Crippen molar-refractivity contribution in [3.05, 3.63) is 57.1 Å². The topological polar surface area (TPSA) is 49.4 Å². The van der Waals surface area contributed by atoms with Crippen molar-refractivity contribution in [1.82, 2.24) is 0 Å². The van der Waals surface area contributed by atoms with E-state index in [0.29, 0.717) is 6.54 Å². The Morgan fingerprint density at radius 3 is 2.38 bits per heavy atom. The zero-order valence-corrected chi connectivity index (χ0v) is 17.1. The molecule has 1 N–H and O–H groups in total. The fraction of sp³-hybridized carbons (Fsp3) is 0.333. The summed E-state index contributed by atoms with van der Waals surface area (Å²) in [6, 6.07) is 9.93. The first kappa shape index (κ1) is 18.6. The van der Waals surface area contributed by atoms with E-state index in [9.17, 15) is 9.59 Å². The third-order valence-corrected chi connectivity index (χ3v) is 6.11. The van der Waals surface area contributed by atoms with Crippen LogP contribution in [0.4, 0.5) is 11.4 Å². The zero-order chi connectivity index (χ0) is 19.0. The highest BCUT2D eigenvalue weighted by Gasteiger charge is 2.35. The van der Waals surface area contributed by atoms with Crippen LogP contribution in [0.5, 0.6) is 0 Å². The van der Waals surface area contributed by atoms with Gasteiger partial charge in [0.05, 0.1) is 5.92 Å². The molecule has 1 aliphatic rings. The number of rotatable bonds is 3. The van der Waals surface area contributed by atoms with Crippen molar-refractivity contribution in [1.29, 1.82) is 0 Å². The summed E-state index contributed by atoms with van der Waals surface area (Å²) in [5, 5.41) is 2.97. The second-order valence-corrected chi connectivity index (χ2v) is 7.90. The second kappa shape index (κ2) is 7.23. The van der Waals surface area contributed by atoms with Gasteiger partial charge in [0.1, 0.15) is 0 Å². The molecular weight excluding hydrogens is 392 g/mol. The van der Waals surface area contributed by atoms with Crippen molar-refractivity contribution in [2.75, 3.05) is 16.8 Å². The molecule has 0 spiro atoms. The summed E-state index contributed by atoms with van der Waals surface area (Å²) in [7, 11) is 0. The highest BCUT2D eigenvalue weighted by Crippen LogP contribution is 2.30. The maximum Gasteiger partial charge on any atom is 0.229 e. The van der Waals surface area contributed by atoms with Crippen LogP contribution in [0, 0.1) is 33.6 Å². The van der Waals surface area contributed by atoms with Gasteiger partial charge in [-0.25, -0.2) is 0 Å². The quantitative estimate of drug-likeness (QED) is 0.792. The smallest absolute Gasteiger partial charge is 0.229 e. The number of carbonyl (C=O) groups is 2. The highest BCUT2D eigenvalue weighted by molar-refractivity contribution is 9.10. The van der Waals surface area contributed by atoms with Crippen LogP contribution in [0.15, 0.2) is 34.8 Å². The number of anilines is 2. The molecule has 0 unspecified atom stereocenters. The molecule has 0 aliphatic carbocycles. The van der Waals surface area contributed by atoms with Gasteiger partial charge in [-0.3, -0.25) is 9.59 Å². The Bertz CT molecular complexity index is 869. The lowest BCUT2D eigenvalue weighted by Crippen LogP contribution is -2.28. The Kier molecular flexibility index (Phi) is 5.19. The molecule has 2 amide bonds. The van der Waals surface area contributed by atoms with E-state index in [0.717, 1.165) is 38.1 Å². The predicted octanol–water partition coefficient (Wildman–Crippen LogP) is 4.67. The largest absolute Gasteiger partial charge is 0.326 e. The summed E-state index contributed by atoms with van der Waals surface area (Å²) in [6.07, 6.45) is 0.244. The molecule has 4 nitrogen and oxygen atoms in total. The lowest BCUT2D eigenvalue weighted by Gasteiger charge is -2.20. The van der Waals surface area contributed by atoms with E-state index >= 15 is 0 Å². The number of amides is 2. The number of carbonyl (C=O) groups excluding carboxylic acids is 2. The van der Waals surface area contributed by atoms with Gasteiger partial charge in [0.2, 0.25) is 11.8 Å². The number of nitrogens with zero attached hydrogens (tertiary/aromatic N) is 1. The lowest BCUT2D eigenvalue weighted by atomic mass is 10.1. The second-order valence-electron chi connectivity index (χ2n) is 7.11. The van der Waals surface area contributed by atoms with Crippen molar-refractivity contribution in [3.63, 3.8) is 0 Å². The van der Waals surface area contributed by atoms with Gasteiger partial charge in [-0.05, 0) is 68.1 Å². The van der Waals surface area contributed by atoms with Crippen molar-refractivity contribution in [3.8, 4) is 0 Å².